The molecule has 0 aliphatic rings. The third kappa shape index (κ3) is 13.8. The Morgan fingerprint density at radius 3 is 2.10 bits per heavy atom. The highest BCUT2D eigenvalue weighted by molar-refractivity contribution is 5.83. The van der Waals surface area contributed by atoms with E-state index in [2.05, 4.69) is 41.5 Å². The molecule has 1 atom stereocenters. The summed E-state index contributed by atoms with van der Waals surface area (Å²) in [6.07, 6.45) is 8.18. The van der Waals surface area contributed by atoms with E-state index in [1.54, 1.807) is 7.05 Å². The predicted molar refractivity (Wildman–Crippen MR) is 91.9 cm³/mol. The van der Waals surface area contributed by atoms with Crippen LogP contribution < -0.4 is 5.43 Å². The third-order valence-corrected chi connectivity index (χ3v) is 3.28. The van der Waals surface area contributed by atoms with E-state index in [4.69, 9.17) is 0 Å². The molecule has 5 heteroatoms. The van der Waals surface area contributed by atoms with Crippen LogP contribution in [0.3, 0.4) is 0 Å². The van der Waals surface area contributed by atoms with Crippen LogP contribution in [-0.2, 0) is 0 Å². The van der Waals surface area contributed by atoms with Gasteiger partial charge in [0.15, 0.2) is 5.72 Å². The van der Waals surface area contributed by atoms with Gasteiger partial charge in [-0.2, -0.15) is 15.3 Å². The van der Waals surface area contributed by atoms with Gasteiger partial charge in [0.05, 0.1) is 0 Å². The maximum Gasteiger partial charge on any atom is 0.175 e. The van der Waals surface area contributed by atoms with Crippen molar-refractivity contribution < 1.29 is 5.11 Å². The van der Waals surface area contributed by atoms with E-state index in [9.17, 15) is 5.11 Å². The molecule has 0 amide bonds. The van der Waals surface area contributed by atoms with Crippen LogP contribution in [0.1, 0.15) is 79.1 Å². The number of nitrogens with one attached hydrogen (secondary N) is 1. The normalized spacial score (nSPS) is 14.5. The van der Waals surface area contributed by atoms with Gasteiger partial charge in [-0.3, -0.25) is 0 Å². The van der Waals surface area contributed by atoms with Crippen LogP contribution in [0.25, 0.3) is 0 Å². The molecule has 0 aromatic heterocycles. The van der Waals surface area contributed by atoms with Crippen molar-refractivity contribution in [2.45, 2.75) is 84.8 Å². The van der Waals surface area contributed by atoms with Gasteiger partial charge in [-0.1, -0.05) is 40.5 Å². The van der Waals surface area contributed by atoms with E-state index >= 15 is 0 Å². The predicted octanol–water partition coefficient (Wildman–Crippen LogP) is 4.52. The topological polar surface area (TPSA) is 69.3 Å². The fraction of sp³-hybridized carbons (Fsp3) is 0.938. The first-order chi connectivity index (χ1) is 10.0. The number of nitrogens with zero attached hydrogens (tertiary/aromatic N) is 3. The van der Waals surface area contributed by atoms with Crippen molar-refractivity contribution in [1.29, 1.82) is 0 Å². The molecule has 0 heterocycles. The Labute approximate surface area is 131 Å². The maximum absolute atomic E-state index is 9.69. The summed E-state index contributed by atoms with van der Waals surface area (Å²) in [5, 5.41) is 21.2. The summed E-state index contributed by atoms with van der Waals surface area (Å²) in [6, 6.07) is 0. The average molecular weight is 300 g/mol. The molecule has 1 unspecified atom stereocenters. The minimum absolute atomic E-state index is 0.643. The molecule has 2 N–H and O–H groups in total. The molecular formula is C16H36N4O. The summed E-state index contributed by atoms with van der Waals surface area (Å²) < 4.78 is 0. The standard InChI is InChI=1S/C8H18N2O.C8H18N2/c1-4-6-7-8(11,5-2)10-9-3;1-4-6-7-8(5-2)10-9-3/h11H,4-7H2,1-3H3;9H,4-7H2,1-3H3/b;10-8+. The summed E-state index contributed by atoms with van der Waals surface area (Å²) >= 11 is 0. The zero-order valence-electron chi connectivity index (χ0n) is 14.9. The molecule has 21 heavy (non-hydrogen) atoms. The Morgan fingerprint density at radius 1 is 1.10 bits per heavy atom. The SMILES string of the molecule is CCCC/C(CC)=N/NC.CCCCC(O)(CC)N=NC. The highest BCUT2D eigenvalue weighted by Crippen LogP contribution is 2.19. The molecule has 0 saturated carbocycles. The van der Waals surface area contributed by atoms with Gasteiger partial charge in [-0.25, -0.2) is 0 Å². The summed E-state index contributed by atoms with van der Waals surface area (Å²) in [5.74, 6) is 0. The Bertz CT molecular complexity index is 279. The third-order valence-electron chi connectivity index (χ3n) is 3.28. The largest absolute Gasteiger partial charge is 0.368 e. The van der Waals surface area contributed by atoms with Crippen LogP contribution in [0.15, 0.2) is 15.3 Å². The van der Waals surface area contributed by atoms with E-state index in [1.165, 1.54) is 18.6 Å². The van der Waals surface area contributed by atoms with Gasteiger partial charge in [0.25, 0.3) is 0 Å². The number of rotatable bonds is 10. The second kappa shape index (κ2) is 15.4. The lowest BCUT2D eigenvalue weighted by atomic mass is 10.0. The summed E-state index contributed by atoms with van der Waals surface area (Å²) in [4.78, 5) is 0. The van der Waals surface area contributed by atoms with E-state index in [1.807, 2.05) is 14.0 Å². The van der Waals surface area contributed by atoms with Crippen molar-refractivity contribution >= 4 is 5.71 Å². The van der Waals surface area contributed by atoms with Gasteiger partial charge in [0, 0.05) is 19.8 Å². The fourth-order valence-electron chi connectivity index (χ4n) is 1.79. The quantitative estimate of drug-likeness (QED) is 0.354. The molecule has 5 nitrogen and oxygen atoms in total. The van der Waals surface area contributed by atoms with Crippen LogP contribution in [0.5, 0.6) is 0 Å². The molecular weight excluding hydrogens is 264 g/mol. The smallest absolute Gasteiger partial charge is 0.175 e. The molecule has 0 fully saturated rings. The molecule has 0 aromatic rings. The first-order valence-electron chi connectivity index (χ1n) is 8.28. The van der Waals surface area contributed by atoms with Gasteiger partial charge in [-0.15, -0.1) is 0 Å². The molecule has 0 aromatic carbocycles. The monoisotopic (exact) mass is 300 g/mol. The highest BCUT2D eigenvalue weighted by atomic mass is 16.3. The lowest BCUT2D eigenvalue weighted by Gasteiger charge is -2.19. The highest BCUT2D eigenvalue weighted by Gasteiger charge is 2.22. The summed E-state index contributed by atoms with van der Waals surface area (Å²) in [5.41, 5.74) is 3.20. The van der Waals surface area contributed by atoms with Gasteiger partial charge in [0.1, 0.15) is 0 Å². The lowest BCUT2D eigenvalue weighted by Crippen LogP contribution is -2.23. The number of hydrogen-bond donors (Lipinski definition) is 2. The van der Waals surface area contributed by atoms with Crippen molar-refractivity contribution in [1.82, 2.24) is 5.43 Å². The van der Waals surface area contributed by atoms with Gasteiger partial charge in [0.2, 0.25) is 0 Å². The number of azo groups is 1. The van der Waals surface area contributed by atoms with Crippen molar-refractivity contribution in [3.8, 4) is 0 Å². The van der Waals surface area contributed by atoms with Crippen LogP contribution >= 0.6 is 0 Å². The van der Waals surface area contributed by atoms with E-state index in [0.29, 0.717) is 6.42 Å². The Morgan fingerprint density at radius 2 is 1.71 bits per heavy atom. The molecule has 0 bridgehead atoms. The summed E-state index contributed by atoms with van der Waals surface area (Å²) in [6.45, 7) is 8.36. The molecule has 126 valence electrons. The van der Waals surface area contributed by atoms with Crippen LogP contribution in [-0.4, -0.2) is 30.6 Å². The zero-order chi connectivity index (χ0) is 16.6. The number of aliphatic hydroxyl groups is 1. The second-order valence-corrected chi connectivity index (χ2v) is 5.10. The molecule has 0 saturated heterocycles. The van der Waals surface area contributed by atoms with Gasteiger partial charge >= 0.3 is 0 Å². The number of hydrazone groups is 1. The zero-order valence-corrected chi connectivity index (χ0v) is 14.9. The maximum atomic E-state index is 9.69. The first kappa shape index (κ1) is 22.3. The van der Waals surface area contributed by atoms with Gasteiger partial charge < -0.3 is 10.5 Å². The lowest BCUT2D eigenvalue weighted by molar-refractivity contribution is 0.0270. The molecule has 0 radical (unpaired) electrons. The number of hydrogen-bond acceptors (Lipinski definition) is 5. The minimum atomic E-state index is -0.898. The van der Waals surface area contributed by atoms with Crippen LogP contribution in [0.4, 0.5) is 0 Å². The van der Waals surface area contributed by atoms with E-state index < -0.39 is 5.72 Å². The Kier molecular flexibility index (Phi) is 16.4. The van der Waals surface area contributed by atoms with Crippen molar-refractivity contribution in [3.05, 3.63) is 0 Å². The second-order valence-electron chi connectivity index (χ2n) is 5.10. The number of unbranched alkanes of at least 4 members (excludes halogenated alkanes) is 2. The first-order valence-corrected chi connectivity index (χ1v) is 8.28. The van der Waals surface area contributed by atoms with E-state index in [0.717, 1.165) is 32.1 Å². The van der Waals surface area contributed by atoms with Crippen LogP contribution in [0.2, 0.25) is 0 Å². The van der Waals surface area contributed by atoms with Crippen molar-refractivity contribution in [2.24, 2.45) is 15.3 Å². The molecule has 0 rings (SSSR count). The van der Waals surface area contributed by atoms with Crippen molar-refractivity contribution in [3.63, 3.8) is 0 Å². The Balaban J connectivity index is 0. The Hall–Kier alpha value is -0.970. The molecule has 0 aliphatic carbocycles. The van der Waals surface area contributed by atoms with E-state index in [-0.39, 0.29) is 0 Å². The fourth-order valence-corrected chi connectivity index (χ4v) is 1.79. The average Bonchev–Trinajstić information content (AvgIpc) is 2.50. The van der Waals surface area contributed by atoms with Crippen molar-refractivity contribution in [2.75, 3.05) is 14.1 Å². The summed E-state index contributed by atoms with van der Waals surface area (Å²) in [7, 11) is 3.44. The van der Waals surface area contributed by atoms with Gasteiger partial charge in [-0.05, 0) is 38.5 Å². The van der Waals surface area contributed by atoms with Crippen LogP contribution in [0, 0.1) is 0 Å². The molecule has 0 aliphatic heterocycles. The molecule has 0 spiro atoms. The minimum Gasteiger partial charge on any atom is -0.368 e.